The van der Waals surface area contributed by atoms with Crippen LogP contribution in [0.15, 0.2) is 24.7 Å². The van der Waals surface area contributed by atoms with Gasteiger partial charge in [0.2, 0.25) is 0 Å². The lowest BCUT2D eigenvalue weighted by Crippen LogP contribution is -2.17. The fourth-order valence-corrected chi connectivity index (χ4v) is 3.94. The van der Waals surface area contributed by atoms with E-state index in [0.29, 0.717) is 12.3 Å². The lowest BCUT2D eigenvalue weighted by atomic mass is 9.96. The van der Waals surface area contributed by atoms with E-state index in [1.54, 1.807) is 0 Å². The monoisotopic (exact) mass is 320 g/mol. The van der Waals surface area contributed by atoms with Gasteiger partial charge in [0.05, 0.1) is 30.4 Å². The first kappa shape index (κ1) is 14.9. The molecule has 1 fully saturated rings. The lowest BCUT2D eigenvalue weighted by Gasteiger charge is -2.21. The molecule has 0 aliphatic heterocycles. The molecule has 0 amide bonds. The molecule has 0 saturated heterocycles. The Bertz CT molecular complexity index is 894. The van der Waals surface area contributed by atoms with Gasteiger partial charge in [0, 0.05) is 28.9 Å². The van der Waals surface area contributed by atoms with Crippen molar-refractivity contribution in [2.24, 2.45) is 5.92 Å². The summed E-state index contributed by atoms with van der Waals surface area (Å²) in [5.74, 6) is 0.557. The van der Waals surface area contributed by atoms with Crippen LogP contribution in [0.3, 0.4) is 0 Å². The first-order valence-electron chi connectivity index (χ1n) is 8.50. The number of nitriles is 1. The molecule has 1 aliphatic carbocycles. The normalized spacial score (nSPS) is 16.5. The van der Waals surface area contributed by atoms with Crippen LogP contribution in [-0.4, -0.2) is 25.0 Å². The van der Waals surface area contributed by atoms with Gasteiger partial charge in [-0.05, 0) is 31.7 Å². The van der Waals surface area contributed by atoms with E-state index in [9.17, 15) is 5.26 Å². The Balaban J connectivity index is 1.74. The van der Waals surface area contributed by atoms with E-state index < -0.39 is 0 Å². The molecule has 1 aliphatic rings. The number of hydrogen-bond donors (Lipinski definition) is 1. The summed E-state index contributed by atoms with van der Waals surface area (Å²) in [6.07, 6.45) is 11.3. The average Bonchev–Trinajstić information content (AvgIpc) is 3.33. The molecule has 6 nitrogen and oxygen atoms in total. The van der Waals surface area contributed by atoms with Crippen molar-refractivity contribution in [2.45, 2.75) is 45.1 Å². The minimum Gasteiger partial charge on any atom is -0.345 e. The van der Waals surface area contributed by atoms with E-state index in [-0.39, 0.29) is 6.04 Å². The van der Waals surface area contributed by atoms with Gasteiger partial charge in [-0.1, -0.05) is 12.8 Å². The Labute approximate surface area is 140 Å². The van der Waals surface area contributed by atoms with Crippen molar-refractivity contribution < 1.29 is 0 Å². The highest BCUT2D eigenvalue weighted by molar-refractivity contribution is 5.93. The quantitative estimate of drug-likeness (QED) is 0.793. The van der Waals surface area contributed by atoms with Crippen molar-refractivity contribution in [1.29, 1.82) is 5.26 Å². The first-order valence-corrected chi connectivity index (χ1v) is 8.50. The fourth-order valence-electron chi connectivity index (χ4n) is 3.94. The van der Waals surface area contributed by atoms with E-state index in [2.05, 4.69) is 32.5 Å². The van der Waals surface area contributed by atoms with Crippen LogP contribution in [0.1, 0.15) is 43.8 Å². The van der Waals surface area contributed by atoms with Crippen molar-refractivity contribution in [1.82, 2.24) is 25.0 Å². The van der Waals surface area contributed by atoms with E-state index in [0.717, 1.165) is 27.9 Å². The van der Waals surface area contributed by atoms with Crippen LogP contribution in [0.5, 0.6) is 0 Å². The Kier molecular flexibility index (Phi) is 3.77. The summed E-state index contributed by atoms with van der Waals surface area (Å²) >= 11 is 0. The van der Waals surface area contributed by atoms with E-state index >= 15 is 0 Å². The van der Waals surface area contributed by atoms with Gasteiger partial charge in [0.1, 0.15) is 0 Å². The molecule has 0 bridgehead atoms. The molecule has 0 unspecified atom stereocenters. The molecule has 122 valence electrons. The number of aromatic amines is 1. The fraction of sp³-hybridized carbons (Fsp3) is 0.444. The largest absolute Gasteiger partial charge is 0.345 e. The Morgan fingerprint density at radius 1 is 1.38 bits per heavy atom. The van der Waals surface area contributed by atoms with E-state index in [1.165, 1.54) is 25.7 Å². The number of hydrogen-bond acceptors (Lipinski definition) is 4. The van der Waals surface area contributed by atoms with Crippen molar-refractivity contribution in [3.8, 4) is 17.2 Å². The summed E-state index contributed by atoms with van der Waals surface area (Å²) in [7, 11) is 0. The zero-order valence-corrected chi connectivity index (χ0v) is 13.7. The zero-order chi connectivity index (χ0) is 16.5. The van der Waals surface area contributed by atoms with Crippen LogP contribution in [0.2, 0.25) is 0 Å². The third kappa shape index (κ3) is 2.46. The molecule has 0 aromatic carbocycles. The van der Waals surface area contributed by atoms with E-state index in [1.807, 2.05) is 30.1 Å². The highest BCUT2D eigenvalue weighted by atomic mass is 15.3. The Hall–Kier alpha value is -2.68. The SMILES string of the molecule is Cc1nnc2[nH]ccc2c1-c1cnn([C@@H](CC#N)C2CCCC2)c1. The smallest absolute Gasteiger partial charge is 0.160 e. The number of fused-ring (bicyclic) bond motifs is 1. The summed E-state index contributed by atoms with van der Waals surface area (Å²) < 4.78 is 1.99. The average molecular weight is 320 g/mol. The standard InChI is InChI=1S/C18H20N6/c1-12-17(15-7-9-20-18(15)23-22-12)14-10-21-24(11-14)16(6-8-19)13-4-2-3-5-13/h7,9-11,13,16H,2-6H2,1H3,(H,20,23)/t16-/m0/s1. The highest BCUT2D eigenvalue weighted by Gasteiger charge is 2.27. The summed E-state index contributed by atoms with van der Waals surface area (Å²) in [4.78, 5) is 3.11. The number of rotatable bonds is 4. The predicted molar refractivity (Wildman–Crippen MR) is 91.1 cm³/mol. The lowest BCUT2D eigenvalue weighted by molar-refractivity contribution is 0.315. The number of H-pyrrole nitrogens is 1. The summed E-state index contributed by atoms with van der Waals surface area (Å²) in [5, 5.41) is 23.3. The number of nitrogens with zero attached hydrogens (tertiary/aromatic N) is 5. The molecule has 3 aromatic rings. The second kappa shape index (κ2) is 6.08. The van der Waals surface area contributed by atoms with Crippen molar-refractivity contribution in [2.75, 3.05) is 0 Å². The number of nitrogens with one attached hydrogen (secondary N) is 1. The maximum Gasteiger partial charge on any atom is 0.160 e. The molecule has 1 N–H and O–H groups in total. The Morgan fingerprint density at radius 2 is 2.21 bits per heavy atom. The minimum absolute atomic E-state index is 0.170. The highest BCUT2D eigenvalue weighted by Crippen LogP contribution is 2.37. The molecule has 0 spiro atoms. The van der Waals surface area contributed by atoms with Gasteiger partial charge in [0.15, 0.2) is 5.65 Å². The van der Waals surface area contributed by atoms with Crippen LogP contribution >= 0.6 is 0 Å². The molecule has 24 heavy (non-hydrogen) atoms. The van der Waals surface area contributed by atoms with E-state index in [4.69, 9.17) is 0 Å². The van der Waals surface area contributed by atoms with Crippen molar-refractivity contribution in [3.05, 3.63) is 30.4 Å². The van der Waals surface area contributed by atoms with Crippen LogP contribution in [0.4, 0.5) is 0 Å². The molecule has 4 rings (SSSR count). The number of aryl methyl sites for hydroxylation is 1. The van der Waals surface area contributed by atoms with Crippen LogP contribution in [-0.2, 0) is 0 Å². The van der Waals surface area contributed by atoms with Crippen LogP contribution in [0.25, 0.3) is 22.2 Å². The summed E-state index contributed by atoms with van der Waals surface area (Å²) in [6, 6.07) is 4.53. The van der Waals surface area contributed by atoms with Gasteiger partial charge in [0.25, 0.3) is 0 Å². The molecule has 1 saturated carbocycles. The minimum atomic E-state index is 0.170. The van der Waals surface area contributed by atoms with Crippen LogP contribution < -0.4 is 0 Å². The van der Waals surface area contributed by atoms with Gasteiger partial charge in [-0.2, -0.15) is 15.5 Å². The van der Waals surface area contributed by atoms with Gasteiger partial charge < -0.3 is 4.98 Å². The molecule has 0 radical (unpaired) electrons. The summed E-state index contributed by atoms with van der Waals surface area (Å²) in [6.45, 7) is 1.97. The van der Waals surface area contributed by atoms with Crippen LogP contribution in [0, 0.1) is 24.2 Å². The second-order valence-electron chi connectivity index (χ2n) is 6.58. The topological polar surface area (TPSA) is 83.2 Å². The van der Waals surface area contributed by atoms with Gasteiger partial charge in [-0.3, -0.25) is 4.68 Å². The second-order valence-corrected chi connectivity index (χ2v) is 6.58. The van der Waals surface area contributed by atoms with Crippen molar-refractivity contribution in [3.63, 3.8) is 0 Å². The van der Waals surface area contributed by atoms with Crippen molar-refractivity contribution >= 4 is 11.0 Å². The summed E-state index contributed by atoms with van der Waals surface area (Å²) in [5.41, 5.74) is 3.77. The molecule has 3 heterocycles. The molecule has 6 heteroatoms. The third-order valence-electron chi connectivity index (χ3n) is 5.13. The predicted octanol–water partition coefficient (Wildman–Crippen LogP) is 3.77. The zero-order valence-electron chi connectivity index (χ0n) is 13.7. The maximum atomic E-state index is 9.23. The maximum absolute atomic E-state index is 9.23. The third-order valence-corrected chi connectivity index (χ3v) is 5.13. The molecular weight excluding hydrogens is 300 g/mol. The number of aromatic nitrogens is 5. The van der Waals surface area contributed by atoms with Gasteiger partial charge >= 0.3 is 0 Å². The Morgan fingerprint density at radius 3 is 3.00 bits per heavy atom. The molecule has 3 aromatic heterocycles. The van der Waals surface area contributed by atoms with Gasteiger partial charge in [-0.25, -0.2) is 0 Å². The molecule has 1 atom stereocenters. The molecular formula is C18H20N6. The van der Waals surface area contributed by atoms with Gasteiger partial charge in [-0.15, -0.1) is 5.10 Å². The first-order chi connectivity index (χ1) is 11.8.